The molecule has 0 radical (unpaired) electrons. The number of hydrogen-bond acceptors (Lipinski definition) is 5. The smallest absolute Gasteiger partial charge is 0.258 e. The summed E-state index contributed by atoms with van der Waals surface area (Å²) < 4.78 is 0. The lowest BCUT2D eigenvalue weighted by atomic mass is 10.0. The standard InChI is InChI=1S/C16H29N5O4/c1-9(2)13(19-11(4)22)15(24)18-10(3)16(25)21-8-6-7-12(20-21)14(23)17-5/h9-10,12-13,20H,6-8H2,1-5H3,(H,17,23)(H,18,24)(H,19,22)/t10-,12-,13?/m0/s1. The minimum atomic E-state index is -0.779. The van der Waals surface area contributed by atoms with Gasteiger partial charge < -0.3 is 16.0 Å². The molecule has 9 heteroatoms. The number of nitrogens with one attached hydrogen (secondary N) is 4. The molecule has 9 nitrogen and oxygen atoms in total. The van der Waals surface area contributed by atoms with Crippen LogP contribution in [0, 0.1) is 5.92 Å². The summed E-state index contributed by atoms with van der Waals surface area (Å²) in [4.78, 5) is 47.9. The lowest BCUT2D eigenvalue weighted by Gasteiger charge is -2.34. The van der Waals surface area contributed by atoms with Crippen LogP contribution in [-0.2, 0) is 19.2 Å². The van der Waals surface area contributed by atoms with Crippen LogP contribution in [0.25, 0.3) is 0 Å². The molecule has 0 saturated carbocycles. The second kappa shape index (κ2) is 9.36. The Balaban J connectivity index is 2.67. The fraction of sp³-hybridized carbons (Fsp3) is 0.750. The zero-order valence-corrected chi connectivity index (χ0v) is 15.5. The molecule has 1 saturated heterocycles. The van der Waals surface area contributed by atoms with Crippen molar-refractivity contribution in [2.75, 3.05) is 13.6 Å². The van der Waals surface area contributed by atoms with Gasteiger partial charge in [0.25, 0.3) is 5.91 Å². The Morgan fingerprint density at radius 2 is 1.76 bits per heavy atom. The molecule has 3 atom stereocenters. The van der Waals surface area contributed by atoms with Gasteiger partial charge in [-0.05, 0) is 25.7 Å². The largest absolute Gasteiger partial charge is 0.358 e. The van der Waals surface area contributed by atoms with Crippen LogP contribution >= 0.6 is 0 Å². The summed E-state index contributed by atoms with van der Waals surface area (Å²) in [5, 5.41) is 9.15. The summed E-state index contributed by atoms with van der Waals surface area (Å²) in [5.41, 5.74) is 2.89. The van der Waals surface area contributed by atoms with Gasteiger partial charge in [-0.25, -0.2) is 5.43 Å². The maximum Gasteiger partial charge on any atom is 0.258 e. The highest BCUT2D eigenvalue weighted by molar-refractivity contribution is 5.92. The number of rotatable bonds is 6. The average Bonchev–Trinajstić information content (AvgIpc) is 2.57. The second-order valence-corrected chi connectivity index (χ2v) is 6.58. The molecule has 0 spiro atoms. The molecule has 0 aromatic carbocycles. The first-order chi connectivity index (χ1) is 11.7. The topological polar surface area (TPSA) is 120 Å². The summed E-state index contributed by atoms with van der Waals surface area (Å²) in [6.07, 6.45) is 1.33. The van der Waals surface area contributed by atoms with Crippen molar-refractivity contribution in [1.82, 2.24) is 26.4 Å². The van der Waals surface area contributed by atoms with E-state index < -0.39 is 24.0 Å². The van der Waals surface area contributed by atoms with E-state index in [-0.39, 0.29) is 23.6 Å². The van der Waals surface area contributed by atoms with Gasteiger partial charge in [0.05, 0.1) is 0 Å². The van der Waals surface area contributed by atoms with E-state index in [0.29, 0.717) is 19.4 Å². The van der Waals surface area contributed by atoms with E-state index >= 15 is 0 Å². The number of hydrogen-bond donors (Lipinski definition) is 4. The first-order valence-electron chi connectivity index (χ1n) is 8.54. The first kappa shape index (κ1) is 20.9. The number of nitrogens with zero attached hydrogens (tertiary/aromatic N) is 1. The first-order valence-corrected chi connectivity index (χ1v) is 8.54. The zero-order chi connectivity index (χ0) is 19.1. The quantitative estimate of drug-likeness (QED) is 0.482. The van der Waals surface area contributed by atoms with Crippen LogP contribution in [0.5, 0.6) is 0 Å². The van der Waals surface area contributed by atoms with Crippen molar-refractivity contribution in [3.05, 3.63) is 0 Å². The van der Waals surface area contributed by atoms with Gasteiger partial charge in [-0.3, -0.25) is 24.2 Å². The van der Waals surface area contributed by atoms with E-state index in [2.05, 4.69) is 21.4 Å². The Hall–Kier alpha value is -2.16. The maximum atomic E-state index is 12.5. The Morgan fingerprint density at radius 1 is 1.12 bits per heavy atom. The van der Waals surface area contributed by atoms with Gasteiger partial charge in [-0.2, -0.15) is 0 Å². The van der Waals surface area contributed by atoms with Gasteiger partial charge in [0.2, 0.25) is 17.7 Å². The minimum Gasteiger partial charge on any atom is -0.358 e. The molecule has 1 aliphatic heterocycles. The summed E-state index contributed by atoms with van der Waals surface area (Å²) in [6, 6.07) is -1.95. The maximum absolute atomic E-state index is 12.5. The molecule has 0 bridgehead atoms. The van der Waals surface area contributed by atoms with E-state index in [1.165, 1.54) is 11.9 Å². The number of hydrazine groups is 1. The predicted octanol–water partition coefficient (Wildman–Crippen LogP) is -1.11. The van der Waals surface area contributed by atoms with Crippen LogP contribution in [0.15, 0.2) is 0 Å². The molecular formula is C16H29N5O4. The summed E-state index contributed by atoms with van der Waals surface area (Å²) in [5.74, 6) is -1.34. The monoisotopic (exact) mass is 355 g/mol. The van der Waals surface area contributed by atoms with Crippen LogP contribution in [0.3, 0.4) is 0 Å². The van der Waals surface area contributed by atoms with Gasteiger partial charge in [-0.1, -0.05) is 13.8 Å². The lowest BCUT2D eigenvalue weighted by molar-refractivity contribution is -0.143. The lowest BCUT2D eigenvalue weighted by Crippen LogP contribution is -2.61. The third kappa shape index (κ3) is 6.00. The molecule has 0 aromatic rings. The Bertz CT molecular complexity index is 523. The third-order valence-corrected chi connectivity index (χ3v) is 4.05. The highest BCUT2D eigenvalue weighted by Gasteiger charge is 2.31. The summed E-state index contributed by atoms with van der Waals surface area (Å²) in [7, 11) is 1.54. The molecule has 142 valence electrons. The molecule has 0 aliphatic carbocycles. The molecular weight excluding hydrogens is 326 g/mol. The highest BCUT2D eigenvalue weighted by atomic mass is 16.2. The number of amides is 4. The van der Waals surface area contributed by atoms with Crippen LogP contribution in [-0.4, -0.2) is 60.4 Å². The Labute approximate surface area is 148 Å². The summed E-state index contributed by atoms with van der Waals surface area (Å²) in [6.45, 7) is 7.01. The Morgan fingerprint density at radius 3 is 2.28 bits per heavy atom. The van der Waals surface area contributed by atoms with Crippen LogP contribution < -0.4 is 21.4 Å². The van der Waals surface area contributed by atoms with Gasteiger partial charge in [-0.15, -0.1) is 0 Å². The van der Waals surface area contributed by atoms with Crippen molar-refractivity contribution in [1.29, 1.82) is 0 Å². The van der Waals surface area contributed by atoms with Crippen LogP contribution in [0.4, 0.5) is 0 Å². The van der Waals surface area contributed by atoms with E-state index in [9.17, 15) is 19.2 Å². The van der Waals surface area contributed by atoms with Crippen molar-refractivity contribution in [2.45, 2.75) is 58.7 Å². The normalized spacial score (nSPS) is 19.8. The van der Waals surface area contributed by atoms with Gasteiger partial charge >= 0.3 is 0 Å². The SMILES string of the molecule is CNC(=O)[C@@H]1CCCN(C(=O)[C@H](C)NC(=O)C(NC(C)=O)C(C)C)N1. The van der Waals surface area contributed by atoms with Crippen molar-refractivity contribution in [3.8, 4) is 0 Å². The fourth-order valence-electron chi connectivity index (χ4n) is 2.66. The highest BCUT2D eigenvalue weighted by Crippen LogP contribution is 2.09. The molecule has 25 heavy (non-hydrogen) atoms. The zero-order valence-electron chi connectivity index (χ0n) is 15.5. The van der Waals surface area contributed by atoms with Crippen LogP contribution in [0.1, 0.15) is 40.5 Å². The third-order valence-electron chi connectivity index (χ3n) is 4.05. The number of likely N-dealkylation sites (N-methyl/N-ethyl adjacent to an activating group) is 1. The number of carbonyl (C=O) groups is 4. The molecule has 1 unspecified atom stereocenters. The molecule has 1 heterocycles. The molecule has 4 N–H and O–H groups in total. The van der Waals surface area contributed by atoms with Gasteiger partial charge in [0, 0.05) is 20.5 Å². The Kier molecular flexibility index (Phi) is 7.82. The van der Waals surface area contributed by atoms with Crippen LogP contribution in [0.2, 0.25) is 0 Å². The molecule has 1 fully saturated rings. The minimum absolute atomic E-state index is 0.114. The van der Waals surface area contributed by atoms with Gasteiger partial charge in [0.15, 0.2) is 0 Å². The van der Waals surface area contributed by atoms with Crippen molar-refractivity contribution >= 4 is 23.6 Å². The van der Waals surface area contributed by atoms with Crippen molar-refractivity contribution in [2.24, 2.45) is 5.92 Å². The average molecular weight is 355 g/mol. The van der Waals surface area contributed by atoms with Crippen molar-refractivity contribution < 1.29 is 19.2 Å². The van der Waals surface area contributed by atoms with E-state index in [4.69, 9.17) is 0 Å². The van der Waals surface area contributed by atoms with E-state index in [0.717, 1.165) is 0 Å². The van der Waals surface area contributed by atoms with Gasteiger partial charge in [0.1, 0.15) is 18.1 Å². The predicted molar refractivity (Wildman–Crippen MR) is 92.0 cm³/mol. The van der Waals surface area contributed by atoms with Crippen molar-refractivity contribution in [3.63, 3.8) is 0 Å². The number of carbonyl (C=O) groups excluding carboxylic acids is 4. The second-order valence-electron chi connectivity index (χ2n) is 6.58. The molecule has 1 rings (SSSR count). The molecule has 0 aromatic heterocycles. The molecule has 1 aliphatic rings. The van der Waals surface area contributed by atoms with E-state index in [1.54, 1.807) is 14.0 Å². The fourth-order valence-corrected chi connectivity index (χ4v) is 2.66. The van der Waals surface area contributed by atoms with E-state index in [1.807, 2.05) is 13.8 Å². The molecule has 4 amide bonds. The summed E-state index contributed by atoms with van der Waals surface area (Å²) >= 11 is 0.